The summed E-state index contributed by atoms with van der Waals surface area (Å²) in [7, 11) is -0.727. The van der Waals surface area contributed by atoms with Gasteiger partial charge in [0, 0.05) is 6.32 Å². The van der Waals surface area contributed by atoms with Crippen LogP contribution in [-0.2, 0) is 4.65 Å². The summed E-state index contributed by atoms with van der Waals surface area (Å²) >= 11 is 0. The fourth-order valence-electron chi connectivity index (χ4n) is 3.79. The van der Waals surface area contributed by atoms with E-state index in [9.17, 15) is 10.1 Å². The van der Waals surface area contributed by atoms with Gasteiger partial charge in [0.05, 0.1) is 6.10 Å². The van der Waals surface area contributed by atoms with Crippen LogP contribution >= 0.6 is 0 Å². The summed E-state index contributed by atoms with van der Waals surface area (Å²) in [4.78, 5) is 0. The van der Waals surface area contributed by atoms with E-state index in [4.69, 9.17) is 4.65 Å². The first-order valence-electron chi connectivity index (χ1n) is 10.4. The predicted octanol–water partition coefficient (Wildman–Crippen LogP) is 5.99. The molecule has 0 spiro atoms. The van der Waals surface area contributed by atoms with Gasteiger partial charge in [-0.2, -0.15) is 0 Å². The Hall–Kier alpha value is -1.78. The summed E-state index contributed by atoms with van der Waals surface area (Å²) in [5, 5.41) is 20.0. The number of hydrogen-bond acceptors (Lipinski definition) is 3. The van der Waals surface area contributed by atoms with E-state index in [-0.39, 0.29) is 6.10 Å². The van der Waals surface area contributed by atoms with Crippen LogP contribution in [0.25, 0.3) is 6.08 Å². The molecule has 3 nitrogen and oxygen atoms in total. The molecule has 152 valence electrons. The van der Waals surface area contributed by atoms with Crippen molar-refractivity contribution in [3.05, 3.63) is 58.2 Å². The molecule has 28 heavy (non-hydrogen) atoms. The van der Waals surface area contributed by atoms with Gasteiger partial charge in [0.15, 0.2) is 0 Å². The molecule has 2 rings (SSSR count). The fourth-order valence-corrected chi connectivity index (χ4v) is 3.79. The Kier molecular flexibility index (Phi) is 8.15. The molecule has 0 bridgehead atoms. The average molecular weight is 382 g/mol. The lowest BCUT2D eigenvalue weighted by atomic mass is 9.76. The van der Waals surface area contributed by atoms with Crippen molar-refractivity contribution in [2.24, 2.45) is 5.92 Å². The Morgan fingerprint density at radius 2 is 1.93 bits per heavy atom. The lowest BCUT2D eigenvalue weighted by Crippen LogP contribution is -2.32. The normalized spacial score (nSPS) is 17.8. The maximum Gasteiger partial charge on any atom is 0.458 e. The number of rotatable bonds is 8. The summed E-state index contributed by atoms with van der Waals surface area (Å²) in [6.45, 7) is 14.6. The lowest BCUT2D eigenvalue weighted by molar-refractivity contribution is 0.182. The number of aryl methyl sites for hydroxylation is 2. The highest BCUT2D eigenvalue weighted by Gasteiger charge is 2.28. The van der Waals surface area contributed by atoms with E-state index in [1.54, 1.807) is 0 Å². The molecule has 1 aromatic rings. The summed E-state index contributed by atoms with van der Waals surface area (Å²) in [6, 6.07) is 4.07. The van der Waals surface area contributed by atoms with Crippen molar-refractivity contribution >= 4 is 13.2 Å². The van der Waals surface area contributed by atoms with E-state index in [0.29, 0.717) is 18.0 Å². The average Bonchev–Trinajstić information content (AvgIpc) is 2.63. The molecule has 1 aliphatic rings. The number of phenolic OH excluding ortho intramolecular Hbond substituents is 1. The van der Waals surface area contributed by atoms with Crippen molar-refractivity contribution < 1.29 is 14.8 Å². The van der Waals surface area contributed by atoms with Crippen molar-refractivity contribution in [1.82, 2.24) is 0 Å². The van der Waals surface area contributed by atoms with Crippen LogP contribution in [0.1, 0.15) is 63.1 Å². The van der Waals surface area contributed by atoms with Gasteiger partial charge < -0.3 is 14.8 Å². The minimum absolute atomic E-state index is 0.109. The smallest absolute Gasteiger partial charge is 0.458 e. The van der Waals surface area contributed by atoms with Gasteiger partial charge in [-0.1, -0.05) is 51.5 Å². The molecule has 0 amide bonds. The van der Waals surface area contributed by atoms with Crippen LogP contribution in [0.3, 0.4) is 0 Å². The fraction of sp³-hybridized carbons (Fsp3) is 0.500. The van der Waals surface area contributed by atoms with Gasteiger partial charge >= 0.3 is 7.12 Å². The number of hydrogen-bond donors (Lipinski definition) is 2. The van der Waals surface area contributed by atoms with Gasteiger partial charge in [0.2, 0.25) is 0 Å². The number of allylic oxidation sites excluding steroid dienone is 2. The quantitative estimate of drug-likeness (QED) is 0.543. The molecule has 1 atom stereocenters. The molecule has 0 saturated heterocycles. The summed E-state index contributed by atoms with van der Waals surface area (Å²) < 4.78 is 5.87. The molecule has 1 heterocycles. The Morgan fingerprint density at radius 1 is 1.29 bits per heavy atom. The molecule has 0 saturated carbocycles. The van der Waals surface area contributed by atoms with Crippen molar-refractivity contribution in [1.29, 1.82) is 0 Å². The second-order valence-corrected chi connectivity index (χ2v) is 8.25. The van der Waals surface area contributed by atoms with Gasteiger partial charge in [0.25, 0.3) is 0 Å². The molecule has 0 fully saturated rings. The topological polar surface area (TPSA) is 49.7 Å². The van der Waals surface area contributed by atoms with Crippen LogP contribution in [-0.4, -0.2) is 23.4 Å². The minimum atomic E-state index is -0.727. The maximum absolute atomic E-state index is 10.0. The standard InChI is InChI=1S/C24H35BO3/c1-7-8-20(15-21-13-17(4)24(26)18(5)14-21)9-10-23-22(19(6)16(2)3)11-12-25(27)28-23/h11,13-16,23,26-27H,6-10,12H2,1-5H3/b20-15+. The summed E-state index contributed by atoms with van der Waals surface area (Å²) in [5.41, 5.74) is 6.54. The summed E-state index contributed by atoms with van der Waals surface area (Å²) in [5.74, 6) is 0.738. The first-order valence-corrected chi connectivity index (χ1v) is 10.4. The number of phenols is 1. The first-order chi connectivity index (χ1) is 13.2. The Labute approximate surface area is 171 Å². The van der Waals surface area contributed by atoms with Gasteiger partial charge in [-0.15, -0.1) is 0 Å². The number of benzene rings is 1. The van der Waals surface area contributed by atoms with Crippen molar-refractivity contribution in [2.75, 3.05) is 0 Å². The SMILES string of the molecule is C=C(C1=CCB(O)OC1CC/C(=C/c1cc(C)c(O)c(C)c1)CCC)C(C)C. The zero-order chi connectivity index (χ0) is 20.8. The second-order valence-electron chi connectivity index (χ2n) is 8.25. The molecular weight excluding hydrogens is 347 g/mol. The molecule has 1 unspecified atom stereocenters. The van der Waals surface area contributed by atoms with Crippen LogP contribution in [0.15, 0.2) is 41.5 Å². The van der Waals surface area contributed by atoms with E-state index in [1.807, 2.05) is 26.0 Å². The van der Waals surface area contributed by atoms with Gasteiger partial charge in [0.1, 0.15) is 5.75 Å². The highest BCUT2D eigenvalue weighted by molar-refractivity contribution is 6.43. The third-order valence-electron chi connectivity index (χ3n) is 5.46. The van der Waals surface area contributed by atoms with E-state index in [2.05, 4.69) is 39.5 Å². The highest BCUT2D eigenvalue weighted by atomic mass is 16.5. The Balaban J connectivity index is 2.18. The second kappa shape index (κ2) is 10.1. The maximum atomic E-state index is 10.0. The van der Waals surface area contributed by atoms with Crippen LogP contribution < -0.4 is 0 Å². The number of aromatic hydroxyl groups is 1. The predicted molar refractivity (Wildman–Crippen MR) is 119 cm³/mol. The van der Waals surface area contributed by atoms with Crippen molar-refractivity contribution in [2.45, 2.75) is 72.7 Å². The molecule has 1 aromatic carbocycles. The molecule has 1 aliphatic heterocycles. The van der Waals surface area contributed by atoms with E-state index in [1.165, 1.54) is 5.57 Å². The van der Waals surface area contributed by atoms with Crippen LogP contribution in [0.2, 0.25) is 6.32 Å². The largest absolute Gasteiger partial charge is 0.507 e. The Morgan fingerprint density at radius 3 is 2.50 bits per heavy atom. The first kappa shape index (κ1) is 22.5. The zero-order valence-corrected chi connectivity index (χ0v) is 18.1. The zero-order valence-electron chi connectivity index (χ0n) is 18.1. The van der Waals surface area contributed by atoms with Crippen molar-refractivity contribution in [3.8, 4) is 5.75 Å². The third kappa shape index (κ3) is 5.86. The Bertz CT molecular complexity index is 738. The molecule has 0 aromatic heterocycles. The van der Waals surface area contributed by atoms with Gasteiger partial charge in [-0.25, -0.2) is 0 Å². The monoisotopic (exact) mass is 382 g/mol. The molecular formula is C24H35BO3. The highest BCUT2D eigenvalue weighted by Crippen LogP contribution is 2.32. The van der Waals surface area contributed by atoms with Crippen molar-refractivity contribution in [3.63, 3.8) is 0 Å². The van der Waals surface area contributed by atoms with Gasteiger partial charge in [-0.3, -0.25) is 0 Å². The van der Waals surface area contributed by atoms with Crippen LogP contribution in [0.4, 0.5) is 0 Å². The molecule has 0 aliphatic carbocycles. The molecule has 4 heteroatoms. The lowest BCUT2D eigenvalue weighted by Gasteiger charge is -2.30. The van der Waals surface area contributed by atoms with E-state index in [0.717, 1.165) is 53.5 Å². The van der Waals surface area contributed by atoms with Gasteiger partial charge in [-0.05, 0) is 79.0 Å². The minimum Gasteiger partial charge on any atom is -0.507 e. The van der Waals surface area contributed by atoms with Crippen LogP contribution in [0, 0.1) is 19.8 Å². The van der Waals surface area contributed by atoms with E-state index < -0.39 is 7.12 Å². The molecule has 0 radical (unpaired) electrons. The third-order valence-corrected chi connectivity index (χ3v) is 5.46. The summed E-state index contributed by atoms with van der Waals surface area (Å²) in [6.07, 6.45) is 8.60. The van der Waals surface area contributed by atoms with Crippen LogP contribution in [0.5, 0.6) is 5.75 Å². The molecule has 2 N–H and O–H groups in total. The van der Waals surface area contributed by atoms with E-state index >= 15 is 0 Å².